The Morgan fingerprint density at radius 3 is 2.25 bits per heavy atom. The molecule has 0 aliphatic carbocycles. The monoisotopic (exact) mass is 166 g/mol. The highest BCUT2D eigenvalue weighted by molar-refractivity contribution is 6.05. The minimum atomic E-state index is -0.722. The molecule has 0 fully saturated rings. The average molecular weight is 166 g/mol. The summed E-state index contributed by atoms with van der Waals surface area (Å²) in [5.41, 5.74) is 0. The summed E-state index contributed by atoms with van der Waals surface area (Å²) in [5, 5.41) is 0. The lowest BCUT2D eigenvalue weighted by Crippen LogP contribution is -2.16. The van der Waals surface area contributed by atoms with Crippen molar-refractivity contribution < 1.29 is 14.0 Å². The molecule has 0 aliphatic heterocycles. The van der Waals surface area contributed by atoms with Crippen molar-refractivity contribution in [3.8, 4) is 0 Å². The molecule has 0 saturated carbocycles. The summed E-state index contributed by atoms with van der Waals surface area (Å²) in [6.45, 7) is 2.77. The quantitative estimate of drug-likeness (QED) is 0.640. The fraction of sp³-hybridized carbons (Fsp3) is 0.333. The maximum absolute atomic E-state index is 11.0. The molecule has 0 radical (unpaired) electrons. The van der Waals surface area contributed by atoms with Gasteiger partial charge in [0, 0.05) is 0 Å². The van der Waals surface area contributed by atoms with Gasteiger partial charge in [-0.15, -0.1) is 0 Å². The number of rotatable bonds is 3. The second-order valence-corrected chi connectivity index (χ2v) is 2.67. The summed E-state index contributed by atoms with van der Waals surface area (Å²) in [4.78, 5) is 22.0. The molecule has 0 saturated heterocycles. The van der Waals surface area contributed by atoms with Crippen LogP contribution in [0.2, 0.25) is 0 Å². The molecule has 3 heteroatoms. The molecular weight excluding hydrogens is 156 g/mol. The van der Waals surface area contributed by atoms with Crippen LogP contribution in [0.1, 0.15) is 25.5 Å². The number of hydrogen-bond acceptors (Lipinski definition) is 3. The molecule has 0 atom stereocenters. The van der Waals surface area contributed by atoms with Crippen LogP contribution in [-0.2, 0) is 9.59 Å². The van der Waals surface area contributed by atoms with Crippen molar-refractivity contribution in [2.45, 2.75) is 19.8 Å². The van der Waals surface area contributed by atoms with E-state index in [-0.39, 0.29) is 11.6 Å². The van der Waals surface area contributed by atoms with Crippen molar-refractivity contribution in [2.75, 3.05) is 0 Å². The molecule has 0 bridgehead atoms. The average Bonchev–Trinajstić information content (AvgIpc) is 2.37. The van der Waals surface area contributed by atoms with E-state index < -0.39 is 5.92 Å². The SMILES string of the molecule is CC(=O)C(C(C)=O)c1ccco1. The van der Waals surface area contributed by atoms with Crippen molar-refractivity contribution in [1.82, 2.24) is 0 Å². The van der Waals surface area contributed by atoms with E-state index in [1.54, 1.807) is 12.1 Å². The fourth-order valence-electron chi connectivity index (χ4n) is 1.14. The summed E-state index contributed by atoms with van der Waals surface area (Å²) < 4.78 is 4.98. The summed E-state index contributed by atoms with van der Waals surface area (Å²) in [7, 11) is 0. The highest BCUT2D eigenvalue weighted by Crippen LogP contribution is 2.17. The van der Waals surface area contributed by atoms with Crippen LogP contribution in [0.3, 0.4) is 0 Å². The van der Waals surface area contributed by atoms with E-state index in [0.29, 0.717) is 5.76 Å². The Bertz CT molecular complexity index is 271. The normalized spacial score (nSPS) is 10.2. The van der Waals surface area contributed by atoms with E-state index in [1.165, 1.54) is 20.1 Å². The Morgan fingerprint density at radius 2 is 1.92 bits per heavy atom. The molecule has 0 aromatic carbocycles. The zero-order chi connectivity index (χ0) is 9.14. The number of hydrogen-bond donors (Lipinski definition) is 0. The molecule has 0 N–H and O–H groups in total. The molecule has 1 aromatic heterocycles. The van der Waals surface area contributed by atoms with E-state index in [9.17, 15) is 9.59 Å². The zero-order valence-corrected chi connectivity index (χ0v) is 7.03. The fourth-order valence-corrected chi connectivity index (χ4v) is 1.14. The highest BCUT2D eigenvalue weighted by Gasteiger charge is 2.23. The van der Waals surface area contributed by atoms with E-state index in [0.717, 1.165) is 0 Å². The standard InChI is InChI=1S/C9H10O3/c1-6(10)9(7(2)11)8-4-3-5-12-8/h3-5,9H,1-2H3. The van der Waals surface area contributed by atoms with Gasteiger partial charge in [0.1, 0.15) is 23.2 Å². The van der Waals surface area contributed by atoms with Gasteiger partial charge in [-0.1, -0.05) is 0 Å². The zero-order valence-electron chi connectivity index (χ0n) is 7.03. The van der Waals surface area contributed by atoms with Gasteiger partial charge in [0.25, 0.3) is 0 Å². The van der Waals surface area contributed by atoms with Gasteiger partial charge in [-0.25, -0.2) is 0 Å². The van der Waals surface area contributed by atoms with Crippen molar-refractivity contribution in [2.24, 2.45) is 0 Å². The Kier molecular flexibility index (Phi) is 2.43. The first-order chi connectivity index (χ1) is 5.63. The summed E-state index contributed by atoms with van der Waals surface area (Å²) in [5.74, 6) is -0.662. The smallest absolute Gasteiger partial charge is 0.147 e. The first-order valence-corrected chi connectivity index (χ1v) is 3.67. The summed E-state index contributed by atoms with van der Waals surface area (Å²) in [6.07, 6.45) is 1.45. The molecule has 1 aromatic rings. The largest absolute Gasteiger partial charge is 0.468 e. The number of ketones is 2. The Balaban J connectivity index is 2.96. The molecule has 1 heterocycles. The van der Waals surface area contributed by atoms with Crippen molar-refractivity contribution >= 4 is 11.6 Å². The van der Waals surface area contributed by atoms with Crippen molar-refractivity contribution in [3.63, 3.8) is 0 Å². The number of Topliss-reactive ketones (excluding diaryl/α,β-unsaturated/α-hetero) is 2. The van der Waals surface area contributed by atoms with Crippen molar-refractivity contribution in [1.29, 1.82) is 0 Å². The molecule has 3 nitrogen and oxygen atoms in total. The first kappa shape index (κ1) is 8.71. The molecule has 12 heavy (non-hydrogen) atoms. The van der Waals surface area contributed by atoms with Crippen LogP contribution in [0.15, 0.2) is 22.8 Å². The molecule has 1 rings (SSSR count). The minimum Gasteiger partial charge on any atom is -0.468 e. The lowest BCUT2D eigenvalue weighted by atomic mass is 9.98. The van der Waals surface area contributed by atoms with Crippen LogP contribution in [0.4, 0.5) is 0 Å². The highest BCUT2D eigenvalue weighted by atomic mass is 16.3. The van der Waals surface area contributed by atoms with Crippen LogP contribution in [0, 0.1) is 0 Å². The van der Waals surface area contributed by atoms with Crippen molar-refractivity contribution in [3.05, 3.63) is 24.2 Å². The molecule has 0 spiro atoms. The van der Waals surface area contributed by atoms with Gasteiger partial charge in [0.05, 0.1) is 6.26 Å². The van der Waals surface area contributed by atoms with E-state index in [1.807, 2.05) is 0 Å². The van der Waals surface area contributed by atoms with Gasteiger partial charge in [-0.2, -0.15) is 0 Å². The summed E-state index contributed by atoms with van der Waals surface area (Å²) in [6, 6.07) is 3.29. The number of furan rings is 1. The molecule has 0 amide bonds. The second kappa shape index (κ2) is 3.34. The topological polar surface area (TPSA) is 47.3 Å². The number of carbonyl (C=O) groups excluding carboxylic acids is 2. The van der Waals surface area contributed by atoms with E-state index >= 15 is 0 Å². The van der Waals surface area contributed by atoms with Gasteiger partial charge in [-0.05, 0) is 26.0 Å². The Hall–Kier alpha value is -1.38. The first-order valence-electron chi connectivity index (χ1n) is 3.67. The van der Waals surface area contributed by atoms with Crippen LogP contribution < -0.4 is 0 Å². The summed E-state index contributed by atoms with van der Waals surface area (Å²) >= 11 is 0. The third kappa shape index (κ3) is 1.61. The van der Waals surface area contributed by atoms with E-state index in [4.69, 9.17) is 4.42 Å². The van der Waals surface area contributed by atoms with Gasteiger partial charge in [0.2, 0.25) is 0 Å². The molecular formula is C9H10O3. The molecule has 64 valence electrons. The molecule has 0 unspecified atom stereocenters. The molecule has 0 aliphatic rings. The van der Waals surface area contributed by atoms with E-state index in [2.05, 4.69) is 0 Å². The van der Waals surface area contributed by atoms with Gasteiger partial charge >= 0.3 is 0 Å². The maximum Gasteiger partial charge on any atom is 0.147 e. The Morgan fingerprint density at radius 1 is 1.33 bits per heavy atom. The minimum absolute atomic E-state index is 0.183. The van der Waals surface area contributed by atoms with Gasteiger partial charge < -0.3 is 4.42 Å². The maximum atomic E-state index is 11.0. The third-order valence-corrected chi connectivity index (χ3v) is 1.64. The number of carbonyl (C=O) groups is 2. The van der Waals surface area contributed by atoms with Crippen LogP contribution in [-0.4, -0.2) is 11.6 Å². The second-order valence-electron chi connectivity index (χ2n) is 2.67. The Labute approximate surface area is 70.4 Å². The van der Waals surface area contributed by atoms with Crippen LogP contribution in [0.5, 0.6) is 0 Å². The van der Waals surface area contributed by atoms with Crippen LogP contribution >= 0.6 is 0 Å². The van der Waals surface area contributed by atoms with Gasteiger partial charge in [0.15, 0.2) is 0 Å². The van der Waals surface area contributed by atoms with Crippen LogP contribution in [0.25, 0.3) is 0 Å². The third-order valence-electron chi connectivity index (χ3n) is 1.64. The predicted octanol–water partition coefficient (Wildman–Crippen LogP) is 1.54. The van der Waals surface area contributed by atoms with Gasteiger partial charge in [-0.3, -0.25) is 9.59 Å². The predicted molar refractivity (Wildman–Crippen MR) is 42.8 cm³/mol. The lowest BCUT2D eigenvalue weighted by molar-refractivity contribution is -0.127. The lowest BCUT2D eigenvalue weighted by Gasteiger charge is -2.05.